The Morgan fingerprint density at radius 3 is 2.83 bits per heavy atom. The number of carboxylic acid groups (broad SMARTS) is 1. The van der Waals surface area contributed by atoms with Gasteiger partial charge in [-0.15, -0.1) is 0 Å². The minimum Gasteiger partial charge on any atom is -0.477 e. The molecule has 0 radical (unpaired) electrons. The Morgan fingerprint density at radius 1 is 1.56 bits per heavy atom. The molecule has 1 heterocycles. The number of carboxylic acids is 1. The summed E-state index contributed by atoms with van der Waals surface area (Å²) >= 11 is 1.06. The molecule has 1 unspecified atom stereocenters. The highest BCUT2D eigenvalue weighted by Gasteiger charge is 2.09. The van der Waals surface area contributed by atoms with Crippen LogP contribution >= 0.6 is 11.3 Å². The van der Waals surface area contributed by atoms with E-state index < -0.39 is 5.97 Å². The fraction of sp³-hybridized carbons (Fsp3) is 0.545. The highest BCUT2D eigenvalue weighted by molar-refractivity contribution is 7.17. The van der Waals surface area contributed by atoms with E-state index in [1.54, 1.807) is 0 Å². The van der Waals surface area contributed by atoms with Crippen molar-refractivity contribution in [3.05, 3.63) is 11.1 Å². The largest absolute Gasteiger partial charge is 0.477 e. The summed E-state index contributed by atoms with van der Waals surface area (Å²) in [6, 6.07) is 0.177. The third-order valence-electron chi connectivity index (χ3n) is 2.36. The molecule has 18 heavy (non-hydrogen) atoms. The summed E-state index contributed by atoms with van der Waals surface area (Å²) in [5.41, 5.74) is 0. The molecule has 100 valence electrons. The average molecular weight is 271 g/mol. The third kappa shape index (κ3) is 4.70. The standard InChI is InChI=1S/C11H17N3O3S/c1-3-7(2)14-9(15)4-5-12-11-13-6-8(18-11)10(16)17/h6-7H,3-5H2,1-2H3,(H,12,13)(H,14,15)(H,16,17). The zero-order valence-electron chi connectivity index (χ0n) is 10.4. The fourth-order valence-corrected chi connectivity index (χ4v) is 1.87. The van der Waals surface area contributed by atoms with E-state index >= 15 is 0 Å². The maximum Gasteiger partial charge on any atom is 0.347 e. The Morgan fingerprint density at radius 2 is 2.28 bits per heavy atom. The summed E-state index contributed by atoms with van der Waals surface area (Å²) < 4.78 is 0. The maximum atomic E-state index is 11.5. The van der Waals surface area contributed by atoms with Crippen molar-refractivity contribution in [1.82, 2.24) is 10.3 Å². The van der Waals surface area contributed by atoms with Crippen LogP contribution < -0.4 is 10.6 Å². The summed E-state index contributed by atoms with van der Waals surface area (Å²) in [6.45, 7) is 4.40. The van der Waals surface area contributed by atoms with E-state index in [-0.39, 0.29) is 16.8 Å². The molecule has 0 aliphatic heterocycles. The van der Waals surface area contributed by atoms with E-state index in [2.05, 4.69) is 15.6 Å². The molecule has 0 fully saturated rings. The van der Waals surface area contributed by atoms with E-state index in [9.17, 15) is 9.59 Å². The summed E-state index contributed by atoms with van der Waals surface area (Å²) in [4.78, 5) is 26.2. The first-order valence-electron chi connectivity index (χ1n) is 5.75. The van der Waals surface area contributed by atoms with Gasteiger partial charge in [-0.2, -0.15) is 0 Å². The van der Waals surface area contributed by atoms with Gasteiger partial charge in [-0.1, -0.05) is 18.3 Å². The Bertz CT molecular complexity index is 419. The lowest BCUT2D eigenvalue weighted by molar-refractivity contribution is -0.121. The third-order valence-corrected chi connectivity index (χ3v) is 3.31. The number of hydrogen-bond donors (Lipinski definition) is 3. The molecule has 0 saturated carbocycles. The molecule has 0 aliphatic rings. The van der Waals surface area contributed by atoms with E-state index in [0.717, 1.165) is 17.8 Å². The van der Waals surface area contributed by atoms with Gasteiger partial charge in [-0.3, -0.25) is 4.79 Å². The van der Waals surface area contributed by atoms with Crippen molar-refractivity contribution in [2.24, 2.45) is 0 Å². The lowest BCUT2D eigenvalue weighted by atomic mass is 10.2. The van der Waals surface area contributed by atoms with Crippen molar-refractivity contribution in [2.45, 2.75) is 32.7 Å². The van der Waals surface area contributed by atoms with Gasteiger partial charge in [0.25, 0.3) is 0 Å². The van der Waals surface area contributed by atoms with Gasteiger partial charge in [0.15, 0.2) is 5.13 Å². The predicted molar refractivity (Wildman–Crippen MR) is 70.1 cm³/mol. The molecule has 1 atom stereocenters. The van der Waals surface area contributed by atoms with Gasteiger partial charge < -0.3 is 15.7 Å². The van der Waals surface area contributed by atoms with Gasteiger partial charge in [-0.05, 0) is 13.3 Å². The van der Waals surface area contributed by atoms with Crippen LogP contribution in [0.4, 0.5) is 5.13 Å². The van der Waals surface area contributed by atoms with Crippen LogP contribution in [-0.2, 0) is 4.79 Å². The first-order valence-corrected chi connectivity index (χ1v) is 6.57. The van der Waals surface area contributed by atoms with Crippen LogP contribution in [0.3, 0.4) is 0 Å². The number of nitrogens with zero attached hydrogens (tertiary/aromatic N) is 1. The lowest BCUT2D eigenvalue weighted by Crippen LogP contribution is -2.32. The molecule has 1 aromatic rings. The molecule has 0 aromatic carbocycles. The highest BCUT2D eigenvalue weighted by atomic mass is 32.1. The molecule has 0 bridgehead atoms. The SMILES string of the molecule is CCC(C)NC(=O)CCNc1ncc(C(=O)O)s1. The van der Waals surface area contributed by atoms with Crippen LogP contribution in [0.5, 0.6) is 0 Å². The number of nitrogens with one attached hydrogen (secondary N) is 2. The molecule has 7 heteroatoms. The molecule has 1 amide bonds. The second-order valence-corrected chi connectivity index (χ2v) is 4.92. The van der Waals surface area contributed by atoms with Crippen LogP contribution in [-0.4, -0.2) is 34.6 Å². The minimum atomic E-state index is -0.991. The maximum absolute atomic E-state index is 11.5. The fourth-order valence-electron chi connectivity index (χ4n) is 1.19. The Kier molecular flexibility index (Phi) is 5.57. The van der Waals surface area contributed by atoms with Gasteiger partial charge in [0.2, 0.25) is 5.91 Å². The quantitative estimate of drug-likeness (QED) is 0.700. The normalized spacial score (nSPS) is 11.9. The number of carbonyl (C=O) groups is 2. The molecule has 1 aromatic heterocycles. The van der Waals surface area contributed by atoms with Crippen molar-refractivity contribution in [3.8, 4) is 0 Å². The first kappa shape index (κ1) is 14.4. The number of hydrogen-bond acceptors (Lipinski definition) is 5. The number of carbonyl (C=O) groups excluding carboxylic acids is 1. The highest BCUT2D eigenvalue weighted by Crippen LogP contribution is 2.17. The second kappa shape index (κ2) is 6.95. The van der Waals surface area contributed by atoms with Crippen LogP contribution in [0.25, 0.3) is 0 Å². The van der Waals surface area contributed by atoms with Crippen LogP contribution in [0.15, 0.2) is 6.20 Å². The molecule has 6 nitrogen and oxygen atoms in total. The van der Waals surface area contributed by atoms with Crippen LogP contribution in [0.1, 0.15) is 36.4 Å². The van der Waals surface area contributed by atoms with Crippen molar-refractivity contribution in [1.29, 1.82) is 0 Å². The average Bonchev–Trinajstić information content (AvgIpc) is 2.77. The van der Waals surface area contributed by atoms with Crippen molar-refractivity contribution >= 4 is 28.3 Å². The van der Waals surface area contributed by atoms with Gasteiger partial charge in [-0.25, -0.2) is 9.78 Å². The number of aromatic nitrogens is 1. The van der Waals surface area contributed by atoms with E-state index in [4.69, 9.17) is 5.11 Å². The Hall–Kier alpha value is -1.63. The number of anilines is 1. The van der Waals surface area contributed by atoms with E-state index in [1.165, 1.54) is 6.20 Å². The van der Waals surface area contributed by atoms with Crippen LogP contribution in [0, 0.1) is 0 Å². The molecule has 3 N–H and O–H groups in total. The zero-order valence-corrected chi connectivity index (χ0v) is 11.2. The van der Waals surface area contributed by atoms with Crippen molar-refractivity contribution in [2.75, 3.05) is 11.9 Å². The van der Waals surface area contributed by atoms with Crippen molar-refractivity contribution < 1.29 is 14.7 Å². The summed E-state index contributed by atoms with van der Waals surface area (Å²) in [7, 11) is 0. The molecular weight excluding hydrogens is 254 g/mol. The number of rotatable bonds is 7. The number of amides is 1. The molecular formula is C11H17N3O3S. The topological polar surface area (TPSA) is 91.3 Å². The molecule has 0 spiro atoms. The summed E-state index contributed by atoms with van der Waals surface area (Å²) in [6.07, 6.45) is 2.54. The second-order valence-electron chi connectivity index (χ2n) is 3.89. The molecule has 1 rings (SSSR count). The molecule has 0 saturated heterocycles. The van der Waals surface area contributed by atoms with E-state index in [1.807, 2.05) is 13.8 Å². The van der Waals surface area contributed by atoms with Gasteiger partial charge >= 0.3 is 5.97 Å². The van der Waals surface area contributed by atoms with Crippen LogP contribution in [0.2, 0.25) is 0 Å². The monoisotopic (exact) mass is 271 g/mol. The predicted octanol–water partition coefficient (Wildman–Crippen LogP) is 1.56. The lowest BCUT2D eigenvalue weighted by Gasteiger charge is -2.11. The summed E-state index contributed by atoms with van der Waals surface area (Å²) in [5.74, 6) is -1.01. The Labute approximate surface area is 109 Å². The van der Waals surface area contributed by atoms with Gasteiger partial charge in [0.1, 0.15) is 4.88 Å². The first-order chi connectivity index (χ1) is 8.52. The molecule has 0 aliphatic carbocycles. The zero-order chi connectivity index (χ0) is 13.5. The summed E-state index contributed by atoms with van der Waals surface area (Å²) in [5, 5.41) is 15.0. The minimum absolute atomic E-state index is 0.0214. The van der Waals surface area contributed by atoms with Gasteiger partial charge in [0.05, 0.1) is 6.20 Å². The van der Waals surface area contributed by atoms with Crippen molar-refractivity contribution in [3.63, 3.8) is 0 Å². The Balaban J connectivity index is 2.28. The van der Waals surface area contributed by atoms with Gasteiger partial charge in [0, 0.05) is 19.0 Å². The van der Waals surface area contributed by atoms with E-state index in [0.29, 0.717) is 18.1 Å². The number of aromatic carboxylic acids is 1. The number of thiazole rings is 1. The smallest absolute Gasteiger partial charge is 0.347 e.